The first-order valence-corrected chi connectivity index (χ1v) is 6.85. The molecule has 0 amide bonds. The molecule has 1 fully saturated rings. The summed E-state index contributed by atoms with van der Waals surface area (Å²) in [5.41, 5.74) is 0.824. The van der Waals surface area contributed by atoms with Gasteiger partial charge in [0.25, 0.3) is 0 Å². The van der Waals surface area contributed by atoms with Gasteiger partial charge < -0.3 is 14.7 Å². The number of nitrogens with zero attached hydrogens (tertiary/aromatic N) is 2. The van der Waals surface area contributed by atoms with Crippen LogP contribution >= 0.6 is 0 Å². The molecule has 0 unspecified atom stereocenters. The second kappa shape index (κ2) is 6.09. The van der Waals surface area contributed by atoms with Crippen molar-refractivity contribution in [3.8, 4) is 5.75 Å². The van der Waals surface area contributed by atoms with Crippen LogP contribution in [0.2, 0.25) is 0 Å². The van der Waals surface area contributed by atoms with Crippen molar-refractivity contribution < 1.29 is 14.8 Å². The van der Waals surface area contributed by atoms with Gasteiger partial charge in [-0.05, 0) is 32.8 Å². The molecule has 1 N–H and O–H groups in total. The fourth-order valence-electron chi connectivity index (χ4n) is 2.39. The van der Waals surface area contributed by atoms with E-state index in [2.05, 4.69) is 0 Å². The zero-order valence-corrected chi connectivity index (χ0v) is 11.8. The lowest BCUT2D eigenvalue weighted by Gasteiger charge is -2.32. The maximum atomic E-state index is 11.0. The van der Waals surface area contributed by atoms with Gasteiger partial charge in [0, 0.05) is 30.9 Å². The molecule has 1 aromatic rings. The summed E-state index contributed by atoms with van der Waals surface area (Å²) < 4.78 is 5.53. The lowest BCUT2D eigenvalue weighted by Crippen LogP contribution is -2.38. The molecule has 1 heterocycles. The van der Waals surface area contributed by atoms with Gasteiger partial charge in [-0.25, -0.2) is 0 Å². The van der Waals surface area contributed by atoms with E-state index >= 15 is 0 Å². The number of rotatable bonds is 4. The third kappa shape index (κ3) is 3.39. The van der Waals surface area contributed by atoms with E-state index < -0.39 is 4.92 Å². The second-order valence-electron chi connectivity index (χ2n) is 5.32. The van der Waals surface area contributed by atoms with Crippen LogP contribution < -0.4 is 9.64 Å². The quantitative estimate of drug-likeness (QED) is 0.676. The first-order valence-electron chi connectivity index (χ1n) is 6.85. The minimum atomic E-state index is -0.438. The number of aliphatic hydroxyl groups excluding tert-OH is 1. The molecule has 1 aliphatic heterocycles. The number of nitro groups is 1. The van der Waals surface area contributed by atoms with E-state index in [-0.39, 0.29) is 23.6 Å². The molecule has 0 bridgehead atoms. The minimum Gasteiger partial charge on any atom is -0.484 e. The van der Waals surface area contributed by atoms with Crippen LogP contribution in [0.1, 0.15) is 26.7 Å². The highest BCUT2D eigenvalue weighted by molar-refractivity contribution is 5.59. The molecule has 0 saturated carbocycles. The molecular weight excluding hydrogens is 260 g/mol. The fraction of sp³-hybridized carbons (Fsp3) is 0.571. The third-order valence-electron chi connectivity index (χ3n) is 3.26. The smallest absolute Gasteiger partial charge is 0.311 e. The molecule has 6 heteroatoms. The van der Waals surface area contributed by atoms with E-state index in [9.17, 15) is 15.2 Å². The molecule has 1 atom stereocenters. The van der Waals surface area contributed by atoms with Crippen molar-refractivity contribution in [1.82, 2.24) is 0 Å². The van der Waals surface area contributed by atoms with Crippen LogP contribution in [0.4, 0.5) is 11.4 Å². The summed E-state index contributed by atoms with van der Waals surface area (Å²) in [6.45, 7) is 5.07. The van der Waals surface area contributed by atoms with Crippen LogP contribution in [-0.2, 0) is 0 Å². The molecule has 0 aliphatic carbocycles. The van der Waals surface area contributed by atoms with Gasteiger partial charge in [-0.3, -0.25) is 10.1 Å². The van der Waals surface area contributed by atoms with Crippen molar-refractivity contribution in [1.29, 1.82) is 0 Å². The predicted octanol–water partition coefficient (Wildman–Crippen LogP) is 2.34. The van der Waals surface area contributed by atoms with E-state index in [1.54, 1.807) is 12.1 Å². The van der Waals surface area contributed by atoms with Crippen LogP contribution in [0.5, 0.6) is 5.75 Å². The Morgan fingerprint density at radius 1 is 1.50 bits per heavy atom. The molecule has 1 aromatic carbocycles. The van der Waals surface area contributed by atoms with Crippen LogP contribution in [0.25, 0.3) is 0 Å². The Balaban J connectivity index is 2.28. The lowest BCUT2D eigenvalue weighted by atomic mass is 10.1. The molecule has 0 spiro atoms. The number of ether oxygens (including phenoxy) is 1. The SMILES string of the molecule is CC(C)Oc1cc(N2CCC[C@H](O)C2)ccc1[N+](=O)[O-]. The van der Waals surface area contributed by atoms with Gasteiger partial charge in [0.15, 0.2) is 5.75 Å². The molecule has 0 aromatic heterocycles. The Morgan fingerprint density at radius 2 is 2.25 bits per heavy atom. The zero-order chi connectivity index (χ0) is 14.7. The van der Waals surface area contributed by atoms with E-state index in [0.717, 1.165) is 25.1 Å². The van der Waals surface area contributed by atoms with E-state index in [0.29, 0.717) is 6.54 Å². The summed E-state index contributed by atoms with van der Waals surface area (Å²) in [7, 11) is 0. The Bertz CT molecular complexity index is 490. The van der Waals surface area contributed by atoms with Crippen LogP contribution in [0.15, 0.2) is 18.2 Å². The zero-order valence-electron chi connectivity index (χ0n) is 11.8. The summed E-state index contributed by atoms with van der Waals surface area (Å²) in [6, 6.07) is 4.87. The van der Waals surface area contributed by atoms with E-state index in [1.807, 2.05) is 18.7 Å². The average Bonchev–Trinajstić information content (AvgIpc) is 2.37. The Morgan fingerprint density at radius 3 is 2.85 bits per heavy atom. The van der Waals surface area contributed by atoms with Gasteiger partial charge in [0.2, 0.25) is 0 Å². The average molecular weight is 280 g/mol. The lowest BCUT2D eigenvalue weighted by molar-refractivity contribution is -0.386. The fourth-order valence-corrected chi connectivity index (χ4v) is 2.39. The molecule has 1 saturated heterocycles. The minimum absolute atomic E-state index is 0.0278. The molecule has 2 rings (SSSR count). The van der Waals surface area contributed by atoms with Crippen molar-refractivity contribution in [2.24, 2.45) is 0 Å². The second-order valence-corrected chi connectivity index (χ2v) is 5.32. The summed E-state index contributed by atoms with van der Waals surface area (Å²) >= 11 is 0. The summed E-state index contributed by atoms with van der Waals surface area (Å²) in [6.07, 6.45) is 1.25. The molecule has 6 nitrogen and oxygen atoms in total. The van der Waals surface area contributed by atoms with Crippen LogP contribution in [0, 0.1) is 10.1 Å². The first-order chi connectivity index (χ1) is 9.47. The number of hydrogen-bond donors (Lipinski definition) is 1. The molecule has 1 aliphatic rings. The maximum absolute atomic E-state index is 11.0. The number of nitro benzene ring substituents is 1. The Labute approximate surface area is 118 Å². The molecule has 0 radical (unpaired) electrons. The normalized spacial score (nSPS) is 19.2. The van der Waals surface area contributed by atoms with Gasteiger partial charge in [-0.1, -0.05) is 0 Å². The van der Waals surface area contributed by atoms with Crippen LogP contribution in [-0.4, -0.2) is 35.3 Å². The van der Waals surface area contributed by atoms with Gasteiger partial charge in [-0.2, -0.15) is 0 Å². The number of anilines is 1. The number of hydrogen-bond acceptors (Lipinski definition) is 5. The van der Waals surface area contributed by atoms with Crippen molar-refractivity contribution in [2.45, 2.75) is 38.9 Å². The van der Waals surface area contributed by atoms with Crippen molar-refractivity contribution >= 4 is 11.4 Å². The summed E-state index contributed by atoms with van der Waals surface area (Å²) in [5.74, 6) is 0.280. The number of β-amino-alcohol motifs (C(OH)–C–C–N with tert-alkyl or cyclic N) is 1. The van der Waals surface area contributed by atoms with E-state index in [4.69, 9.17) is 4.74 Å². The summed E-state index contributed by atoms with van der Waals surface area (Å²) in [4.78, 5) is 12.6. The van der Waals surface area contributed by atoms with Crippen molar-refractivity contribution in [3.05, 3.63) is 28.3 Å². The highest BCUT2D eigenvalue weighted by Crippen LogP contribution is 2.33. The van der Waals surface area contributed by atoms with Gasteiger partial charge >= 0.3 is 5.69 Å². The molecule has 20 heavy (non-hydrogen) atoms. The number of aliphatic hydroxyl groups is 1. The highest BCUT2D eigenvalue weighted by Gasteiger charge is 2.22. The highest BCUT2D eigenvalue weighted by atomic mass is 16.6. The van der Waals surface area contributed by atoms with E-state index in [1.165, 1.54) is 6.07 Å². The van der Waals surface area contributed by atoms with Crippen LogP contribution in [0.3, 0.4) is 0 Å². The van der Waals surface area contributed by atoms with Gasteiger partial charge in [0.1, 0.15) is 0 Å². The van der Waals surface area contributed by atoms with Crippen molar-refractivity contribution in [2.75, 3.05) is 18.0 Å². The third-order valence-corrected chi connectivity index (χ3v) is 3.26. The predicted molar refractivity (Wildman–Crippen MR) is 76.3 cm³/mol. The number of piperidine rings is 1. The molecular formula is C14H20N2O4. The largest absolute Gasteiger partial charge is 0.484 e. The summed E-state index contributed by atoms with van der Waals surface area (Å²) in [5, 5.41) is 20.7. The topological polar surface area (TPSA) is 75.8 Å². The maximum Gasteiger partial charge on any atom is 0.311 e. The number of benzene rings is 1. The standard InChI is InChI=1S/C14H20N2O4/c1-10(2)20-14-8-11(5-6-13(14)16(18)19)15-7-3-4-12(17)9-15/h5-6,8,10,12,17H,3-4,7,9H2,1-2H3/t12-/m0/s1. The molecule has 110 valence electrons. The van der Waals surface area contributed by atoms with Gasteiger partial charge in [-0.15, -0.1) is 0 Å². The van der Waals surface area contributed by atoms with Crippen molar-refractivity contribution in [3.63, 3.8) is 0 Å². The first kappa shape index (κ1) is 14.6. The van der Waals surface area contributed by atoms with Gasteiger partial charge in [0.05, 0.1) is 17.1 Å². The Kier molecular flexibility index (Phi) is 4.44. The Hall–Kier alpha value is -1.82. The monoisotopic (exact) mass is 280 g/mol.